The van der Waals surface area contributed by atoms with Crippen molar-refractivity contribution in [2.24, 2.45) is 0 Å². The van der Waals surface area contributed by atoms with Gasteiger partial charge in [-0.3, -0.25) is 4.79 Å². The van der Waals surface area contributed by atoms with Crippen LogP contribution in [0.15, 0.2) is 0 Å². The van der Waals surface area contributed by atoms with Crippen molar-refractivity contribution in [3.63, 3.8) is 0 Å². The maximum Gasteiger partial charge on any atom is 0.180 e. The third kappa shape index (κ3) is 1.30. The first-order chi connectivity index (χ1) is 4.36. The second-order valence-corrected chi connectivity index (χ2v) is 2.40. The number of hydrogen-bond acceptors (Lipinski definition) is 5. The topological polar surface area (TPSA) is 63.1 Å². The molecule has 0 aliphatic carbocycles. The number of hydrogen-bond donors (Lipinski definition) is 1. The Morgan fingerprint density at radius 3 is 2.78 bits per heavy atom. The van der Waals surface area contributed by atoms with Crippen LogP contribution in [0.25, 0.3) is 0 Å². The minimum Gasteiger partial charge on any atom is -0.389 e. The molecule has 0 fully saturated rings. The number of aldehydes is 1. The highest BCUT2D eigenvalue weighted by atomic mass is 32.1. The predicted molar refractivity (Wildman–Crippen MR) is 31.2 cm³/mol. The number of rotatable bonds is 2. The Morgan fingerprint density at radius 1 is 1.67 bits per heavy atom. The Balaban J connectivity index is 2.86. The molecule has 9 heavy (non-hydrogen) atoms. The second kappa shape index (κ2) is 2.65. The molecule has 0 amide bonds. The molecule has 0 unspecified atom stereocenters. The van der Waals surface area contributed by atoms with Crippen molar-refractivity contribution in [2.45, 2.75) is 6.61 Å². The number of aliphatic hydroxyl groups excluding tert-OH is 1. The first-order valence-corrected chi connectivity index (χ1v) is 3.07. The summed E-state index contributed by atoms with van der Waals surface area (Å²) in [6.45, 7) is -0.147. The highest BCUT2D eigenvalue weighted by Gasteiger charge is 1.98. The average Bonchev–Trinajstić information content (AvgIpc) is 2.34. The van der Waals surface area contributed by atoms with E-state index in [1.165, 1.54) is 0 Å². The van der Waals surface area contributed by atoms with Gasteiger partial charge in [-0.1, -0.05) is 11.3 Å². The summed E-state index contributed by atoms with van der Waals surface area (Å²) in [6.07, 6.45) is 0.608. The van der Waals surface area contributed by atoms with Gasteiger partial charge in [0.05, 0.1) is 6.61 Å². The first kappa shape index (κ1) is 6.31. The molecule has 0 aliphatic rings. The number of nitrogens with zero attached hydrogens (tertiary/aromatic N) is 2. The summed E-state index contributed by atoms with van der Waals surface area (Å²) in [5.41, 5.74) is 0. The van der Waals surface area contributed by atoms with Gasteiger partial charge in [0.2, 0.25) is 0 Å². The lowest BCUT2D eigenvalue weighted by Gasteiger charge is -1.75. The maximum atomic E-state index is 9.96. The van der Waals surface area contributed by atoms with Crippen molar-refractivity contribution in [1.82, 2.24) is 10.2 Å². The van der Waals surface area contributed by atoms with Crippen molar-refractivity contribution in [2.75, 3.05) is 0 Å². The van der Waals surface area contributed by atoms with Crippen molar-refractivity contribution in [3.8, 4) is 0 Å². The van der Waals surface area contributed by atoms with Crippen molar-refractivity contribution in [1.29, 1.82) is 0 Å². The molecule has 1 aromatic rings. The van der Waals surface area contributed by atoms with E-state index in [0.29, 0.717) is 16.3 Å². The van der Waals surface area contributed by atoms with Crippen LogP contribution < -0.4 is 0 Å². The third-order valence-corrected chi connectivity index (χ3v) is 1.55. The molecule has 0 aliphatic heterocycles. The second-order valence-electron chi connectivity index (χ2n) is 1.31. The summed E-state index contributed by atoms with van der Waals surface area (Å²) < 4.78 is 0. The maximum absolute atomic E-state index is 9.96. The molecule has 1 rings (SSSR count). The highest BCUT2D eigenvalue weighted by Crippen LogP contribution is 2.05. The van der Waals surface area contributed by atoms with Crippen LogP contribution in [0.4, 0.5) is 0 Å². The molecular formula is C4H4N2O2S. The third-order valence-electron chi connectivity index (χ3n) is 0.719. The number of carbonyl (C=O) groups is 1. The fourth-order valence-electron chi connectivity index (χ4n) is 0.378. The summed E-state index contributed by atoms with van der Waals surface area (Å²) in [7, 11) is 0. The fourth-order valence-corrected chi connectivity index (χ4v) is 0.895. The predicted octanol–water partition coefficient (Wildman–Crippen LogP) is -0.157. The SMILES string of the molecule is O=Cc1nnc(CO)s1. The molecule has 0 bridgehead atoms. The lowest BCUT2D eigenvalue weighted by Crippen LogP contribution is -1.79. The quantitative estimate of drug-likeness (QED) is 0.586. The van der Waals surface area contributed by atoms with Crippen LogP contribution in [0.1, 0.15) is 14.8 Å². The zero-order valence-corrected chi connectivity index (χ0v) is 5.26. The van der Waals surface area contributed by atoms with Gasteiger partial charge in [-0.25, -0.2) is 0 Å². The molecule has 4 nitrogen and oxygen atoms in total. The van der Waals surface area contributed by atoms with Gasteiger partial charge < -0.3 is 5.11 Å². The molecule has 1 heterocycles. The molecule has 1 aromatic heterocycles. The van der Waals surface area contributed by atoms with Crippen LogP contribution in [-0.2, 0) is 6.61 Å². The first-order valence-electron chi connectivity index (χ1n) is 2.25. The van der Waals surface area contributed by atoms with E-state index in [9.17, 15) is 4.79 Å². The Hall–Kier alpha value is -0.810. The van der Waals surface area contributed by atoms with Gasteiger partial charge in [0, 0.05) is 0 Å². The molecule has 1 N–H and O–H groups in total. The highest BCUT2D eigenvalue weighted by molar-refractivity contribution is 7.12. The summed E-state index contributed by atoms with van der Waals surface area (Å²) in [5.74, 6) is 0. The van der Waals surface area contributed by atoms with Gasteiger partial charge in [-0.05, 0) is 0 Å². The molecule has 0 spiro atoms. The summed E-state index contributed by atoms with van der Waals surface area (Å²) in [5, 5.41) is 16.2. The molecule has 0 atom stereocenters. The summed E-state index contributed by atoms with van der Waals surface area (Å²) in [6, 6.07) is 0. The molecule has 0 saturated heterocycles. The van der Waals surface area contributed by atoms with E-state index in [1.54, 1.807) is 0 Å². The van der Waals surface area contributed by atoms with Crippen LogP contribution >= 0.6 is 11.3 Å². The fraction of sp³-hybridized carbons (Fsp3) is 0.250. The van der Waals surface area contributed by atoms with Gasteiger partial charge in [0.1, 0.15) is 5.01 Å². The normalized spacial score (nSPS) is 9.44. The van der Waals surface area contributed by atoms with E-state index in [-0.39, 0.29) is 6.61 Å². The van der Waals surface area contributed by atoms with E-state index in [2.05, 4.69) is 10.2 Å². The van der Waals surface area contributed by atoms with E-state index in [0.717, 1.165) is 11.3 Å². The summed E-state index contributed by atoms with van der Waals surface area (Å²) >= 11 is 1.09. The van der Waals surface area contributed by atoms with Gasteiger partial charge in [-0.15, -0.1) is 10.2 Å². The van der Waals surface area contributed by atoms with Crippen LogP contribution in [0, 0.1) is 0 Å². The van der Waals surface area contributed by atoms with Crippen LogP contribution in [-0.4, -0.2) is 21.6 Å². The lowest BCUT2D eigenvalue weighted by atomic mass is 10.8. The number of aromatic nitrogens is 2. The van der Waals surface area contributed by atoms with E-state index in [4.69, 9.17) is 5.11 Å². The van der Waals surface area contributed by atoms with Crippen molar-refractivity contribution in [3.05, 3.63) is 10.0 Å². The smallest absolute Gasteiger partial charge is 0.180 e. The minimum atomic E-state index is -0.147. The molecule has 48 valence electrons. The molecule has 0 saturated carbocycles. The van der Waals surface area contributed by atoms with E-state index >= 15 is 0 Å². The Bertz CT molecular complexity index is 210. The van der Waals surface area contributed by atoms with Gasteiger partial charge in [0.25, 0.3) is 0 Å². The largest absolute Gasteiger partial charge is 0.389 e. The van der Waals surface area contributed by atoms with Crippen molar-refractivity contribution >= 4 is 17.6 Å². The standard InChI is InChI=1S/C4H4N2O2S/c7-1-3-5-6-4(2-8)9-3/h1,8H,2H2. The zero-order valence-electron chi connectivity index (χ0n) is 4.44. The number of carbonyl (C=O) groups excluding carboxylic acids is 1. The van der Waals surface area contributed by atoms with Gasteiger partial charge in [0.15, 0.2) is 11.3 Å². The van der Waals surface area contributed by atoms with Crippen LogP contribution in [0.3, 0.4) is 0 Å². The van der Waals surface area contributed by atoms with Gasteiger partial charge >= 0.3 is 0 Å². The molecular weight excluding hydrogens is 140 g/mol. The molecule has 5 heteroatoms. The van der Waals surface area contributed by atoms with Crippen LogP contribution in [0.2, 0.25) is 0 Å². The zero-order chi connectivity index (χ0) is 6.69. The minimum absolute atomic E-state index is 0.147. The van der Waals surface area contributed by atoms with Gasteiger partial charge in [-0.2, -0.15) is 0 Å². The Kier molecular flexibility index (Phi) is 1.86. The van der Waals surface area contributed by atoms with E-state index < -0.39 is 0 Å². The summed E-state index contributed by atoms with van der Waals surface area (Å²) in [4.78, 5) is 9.96. The molecule has 0 aromatic carbocycles. The number of aliphatic hydroxyl groups is 1. The Morgan fingerprint density at radius 2 is 2.44 bits per heavy atom. The van der Waals surface area contributed by atoms with Crippen LogP contribution in [0.5, 0.6) is 0 Å². The lowest BCUT2D eigenvalue weighted by molar-refractivity contribution is 0.112. The monoisotopic (exact) mass is 144 g/mol. The average molecular weight is 144 g/mol. The van der Waals surface area contributed by atoms with Crippen molar-refractivity contribution < 1.29 is 9.90 Å². The Labute approximate surface area is 55.2 Å². The van der Waals surface area contributed by atoms with E-state index in [1.807, 2.05) is 0 Å². The molecule has 0 radical (unpaired) electrons.